The summed E-state index contributed by atoms with van der Waals surface area (Å²) >= 11 is 0. The molecule has 0 atom stereocenters. The van der Waals surface area contributed by atoms with E-state index in [-0.39, 0.29) is 0 Å². The first kappa shape index (κ1) is 9.93. The average molecular weight is 177 g/mol. The number of hydrogen-bond acceptors (Lipinski definition) is 2. The fourth-order valence-electron chi connectivity index (χ4n) is 1.26. The van der Waals surface area contributed by atoms with Crippen molar-refractivity contribution in [1.29, 1.82) is 0 Å². The zero-order valence-corrected chi connectivity index (χ0v) is 8.13. The smallest absolute Gasteiger partial charge is 0.133 e. The van der Waals surface area contributed by atoms with Crippen LogP contribution in [-0.2, 0) is 11.3 Å². The number of benzene rings is 1. The lowest BCUT2D eigenvalue weighted by molar-refractivity contribution is -0.107. The highest BCUT2D eigenvalue weighted by Gasteiger charge is 1.97. The molecule has 0 aliphatic carbocycles. The van der Waals surface area contributed by atoms with Crippen LogP contribution in [0.15, 0.2) is 18.2 Å². The summed E-state index contributed by atoms with van der Waals surface area (Å²) in [4.78, 5) is 10.1. The average Bonchev–Trinajstić information content (AvgIpc) is 2.11. The first-order valence-electron chi connectivity index (χ1n) is 4.44. The highest BCUT2D eigenvalue weighted by molar-refractivity contribution is 5.51. The molecule has 0 amide bonds. The van der Waals surface area contributed by atoms with Gasteiger partial charge in [0.25, 0.3) is 0 Å². The molecule has 1 aromatic carbocycles. The molecule has 0 unspecified atom stereocenters. The number of aryl methyl sites for hydroxylation is 2. The van der Waals surface area contributed by atoms with E-state index in [9.17, 15) is 4.79 Å². The number of rotatable bonds is 4. The van der Waals surface area contributed by atoms with Crippen molar-refractivity contribution in [3.8, 4) is 0 Å². The van der Waals surface area contributed by atoms with E-state index >= 15 is 0 Å². The van der Waals surface area contributed by atoms with Gasteiger partial charge in [-0.2, -0.15) is 0 Å². The van der Waals surface area contributed by atoms with Crippen molar-refractivity contribution < 1.29 is 4.79 Å². The lowest BCUT2D eigenvalue weighted by atomic mass is 10.1. The maximum absolute atomic E-state index is 10.1. The van der Waals surface area contributed by atoms with Gasteiger partial charge in [0.05, 0.1) is 6.54 Å². The van der Waals surface area contributed by atoms with E-state index in [4.69, 9.17) is 0 Å². The van der Waals surface area contributed by atoms with Crippen LogP contribution in [0.5, 0.6) is 0 Å². The van der Waals surface area contributed by atoms with Crippen LogP contribution < -0.4 is 5.32 Å². The Morgan fingerprint density at radius 1 is 1.38 bits per heavy atom. The maximum Gasteiger partial charge on any atom is 0.133 e. The first-order valence-corrected chi connectivity index (χ1v) is 4.44. The molecule has 0 spiro atoms. The molecule has 0 heterocycles. The number of carbonyl (C=O) groups excluding carboxylic acids is 1. The minimum Gasteiger partial charge on any atom is -0.306 e. The minimum absolute atomic E-state index is 0.424. The Bertz CT molecular complexity index is 294. The third-order valence-corrected chi connectivity index (χ3v) is 2.05. The van der Waals surface area contributed by atoms with Gasteiger partial charge in [0.1, 0.15) is 6.29 Å². The monoisotopic (exact) mass is 177 g/mol. The summed E-state index contributed by atoms with van der Waals surface area (Å²) in [6.45, 7) is 5.35. The van der Waals surface area contributed by atoms with Gasteiger partial charge in [0, 0.05) is 6.54 Å². The van der Waals surface area contributed by atoms with Crippen molar-refractivity contribution in [3.63, 3.8) is 0 Å². The molecule has 0 radical (unpaired) electrons. The largest absolute Gasteiger partial charge is 0.306 e. The van der Waals surface area contributed by atoms with Crippen molar-refractivity contribution in [1.82, 2.24) is 5.32 Å². The van der Waals surface area contributed by atoms with Gasteiger partial charge in [0.15, 0.2) is 0 Å². The molecule has 0 saturated carbocycles. The summed E-state index contributed by atoms with van der Waals surface area (Å²) in [6.07, 6.45) is 0.880. The van der Waals surface area contributed by atoms with Gasteiger partial charge in [-0.3, -0.25) is 0 Å². The minimum atomic E-state index is 0.424. The lowest BCUT2D eigenvalue weighted by Crippen LogP contribution is -2.16. The molecule has 0 aromatic heterocycles. The Kier molecular flexibility index (Phi) is 3.65. The fourth-order valence-corrected chi connectivity index (χ4v) is 1.26. The second-order valence-electron chi connectivity index (χ2n) is 3.23. The Labute approximate surface area is 79.0 Å². The van der Waals surface area contributed by atoms with Gasteiger partial charge in [-0.25, -0.2) is 0 Å². The summed E-state index contributed by atoms with van der Waals surface area (Å²) in [7, 11) is 0. The van der Waals surface area contributed by atoms with Crippen molar-refractivity contribution in [2.24, 2.45) is 0 Å². The van der Waals surface area contributed by atoms with Crippen LogP contribution in [0.1, 0.15) is 16.7 Å². The Morgan fingerprint density at radius 3 is 2.85 bits per heavy atom. The van der Waals surface area contributed by atoms with E-state index in [1.165, 1.54) is 16.7 Å². The molecule has 1 N–H and O–H groups in total. The summed E-state index contributed by atoms with van der Waals surface area (Å²) < 4.78 is 0. The molecule has 13 heavy (non-hydrogen) atoms. The highest BCUT2D eigenvalue weighted by Crippen LogP contribution is 2.09. The second-order valence-corrected chi connectivity index (χ2v) is 3.23. The van der Waals surface area contributed by atoms with Gasteiger partial charge >= 0.3 is 0 Å². The van der Waals surface area contributed by atoms with Crippen LogP contribution in [0.3, 0.4) is 0 Å². The molecule has 1 aromatic rings. The van der Waals surface area contributed by atoms with Gasteiger partial charge in [-0.1, -0.05) is 23.8 Å². The van der Waals surface area contributed by atoms with Crippen LogP contribution >= 0.6 is 0 Å². The summed E-state index contributed by atoms with van der Waals surface area (Å²) in [6, 6.07) is 6.35. The molecule has 0 bridgehead atoms. The number of hydrogen-bond donors (Lipinski definition) is 1. The third kappa shape index (κ3) is 2.99. The van der Waals surface area contributed by atoms with Crippen molar-refractivity contribution in [3.05, 3.63) is 34.9 Å². The SMILES string of the molecule is Cc1ccc(C)c(CNCC=O)c1. The van der Waals surface area contributed by atoms with Crippen LogP contribution in [0.2, 0.25) is 0 Å². The zero-order chi connectivity index (χ0) is 9.68. The summed E-state index contributed by atoms with van der Waals surface area (Å²) in [5.41, 5.74) is 3.79. The normalized spacial score (nSPS) is 10.0. The van der Waals surface area contributed by atoms with E-state index < -0.39 is 0 Å². The maximum atomic E-state index is 10.1. The second kappa shape index (κ2) is 4.77. The number of aldehydes is 1. The van der Waals surface area contributed by atoms with Crippen LogP contribution in [0.25, 0.3) is 0 Å². The zero-order valence-electron chi connectivity index (χ0n) is 8.13. The molecule has 0 aliphatic rings. The summed E-state index contributed by atoms with van der Waals surface area (Å²) in [5, 5.41) is 3.05. The van der Waals surface area contributed by atoms with Crippen LogP contribution in [0.4, 0.5) is 0 Å². The standard InChI is InChI=1S/C11H15NO/c1-9-3-4-10(2)11(7-9)8-12-5-6-13/h3-4,6-7,12H,5,8H2,1-2H3. The van der Waals surface area contributed by atoms with Gasteiger partial charge < -0.3 is 10.1 Å². The summed E-state index contributed by atoms with van der Waals surface area (Å²) in [5.74, 6) is 0. The van der Waals surface area contributed by atoms with Crippen molar-refractivity contribution in [2.45, 2.75) is 20.4 Å². The van der Waals surface area contributed by atoms with Gasteiger partial charge in [0.2, 0.25) is 0 Å². The molecule has 2 nitrogen and oxygen atoms in total. The molecule has 0 aliphatic heterocycles. The van der Waals surface area contributed by atoms with Gasteiger partial charge in [-0.05, 0) is 25.0 Å². The van der Waals surface area contributed by atoms with Crippen LogP contribution in [0, 0.1) is 13.8 Å². The number of carbonyl (C=O) groups is 1. The molecule has 2 heteroatoms. The van der Waals surface area contributed by atoms with Gasteiger partial charge in [-0.15, -0.1) is 0 Å². The van der Waals surface area contributed by atoms with E-state index in [0.717, 1.165) is 12.8 Å². The highest BCUT2D eigenvalue weighted by atomic mass is 16.1. The van der Waals surface area contributed by atoms with E-state index in [1.54, 1.807) is 0 Å². The Balaban J connectivity index is 2.64. The van der Waals surface area contributed by atoms with Crippen LogP contribution in [-0.4, -0.2) is 12.8 Å². The number of nitrogens with one attached hydrogen (secondary N) is 1. The topological polar surface area (TPSA) is 29.1 Å². The van der Waals surface area contributed by atoms with Crippen molar-refractivity contribution in [2.75, 3.05) is 6.54 Å². The van der Waals surface area contributed by atoms with E-state index in [1.807, 2.05) is 0 Å². The molecule has 70 valence electrons. The quantitative estimate of drug-likeness (QED) is 0.559. The molecule has 0 saturated heterocycles. The molecule has 0 fully saturated rings. The molecular formula is C11H15NO. The third-order valence-electron chi connectivity index (χ3n) is 2.05. The Morgan fingerprint density at radius 2 is 2.15 bits per heavy atom. The molecular weight excluding hydrogens is 162 g/mol. The predicted octanol–water partition coefficient (Wildman–Crippen LogP) is 1.59. The lowest BCUT2D eigenvalue weighted by Gasteiger charge is -2.06. The van der Waals surface area contributed by atoms with E-state index in [2.05, 4.69) is 37.4 Å². The Hall–Kier alpha value is -1.15. The predicted molar refractivity (Wildman–Crippen MR) is 53.7 cm³/mol. The van der Waals surface area contributed by atoms with Crippen molar-refractivity contribution >= 4 is 6.29 Å². The molecule has 1 rings (SSSR count). The first-order chi connectivity index (χ1) is 6.24. The fraction of sp³-hybridized carbons (Fsp3) is 0.364. The van der Waals surface area contributed by atoms with E-state index in [0.29, 0.717) is 6.54 Å².